The molecule has 0 aliphatic carbocycles. The van der Waals surface area contributed by atoms with E-state index in [0.717, 1.165) is 12.1 Å². The van der Waals surface area contributed by atoms with Crippen molar-refractivity contribution in [3.8, 4) is 0 Å². The maximum Gasteiger partial charge on any atom is 0.416 e. The van der Waals surface area contributed by atoms with Crippen molar-refractivity contribution in [2.75, 3.05) is 0 Å². The molecule has 0 spiro atoms. The number of carbonyl (C=O) groups excluding carboxylic acids is 1. The highest BCUT2D eigenvalue weighted by Gasteiger charge is 2.31. The Bertz CT molecular complexity index is 662. The normalized spacial score (nSPS) is 11.4. The van der Waals surface area contributed by atoms with Crippen LogP contribution in [0.1, 0.15) is 27.0 Å². The van der Waals surface area contributed by atoms with Crippen molar-refractivity contribution in [3.63, 3.8) is 0 Å². The van der Waals surface area contributed by atoms with Crippen LogP contribution in [0.5, 0.6) is 0 Å². The number of hydrogen-bond donors (Lipinski definition) is 0. The second-order valence-electron chi connectivity index (χ2n) is 4.37. The maximum absolute atomic E-state index is 12.6. The molecule has 0 unspecified atom stereocenters. The Morgan fingerprint density at radius 1 is 1.10 bits per heavy atom. The Labute approximate surface area is 119 Å². The van der Waals surface area contributed by atoms with Gasteiger partial charge in [0.15, 0.2) is 5.78 Å². The lowest BCUT2D eigenvalue weighted by atomic mass is 9.98. The highest BCUT2D eigenvalue weighted by atomic mass is 35.5. The van der Waals surface area contributed by atoms with Crippen LogP contribution in [0, 0.1) is 6.92 Å². The molecule has 2 aromatic carbocycles. The molecule has 0 N–H and O–H groups in total. The Kier molecular flexibility index (Phi) is 3.86. The molecule has 2 aromatic rings. The van der Waals surface area contributed by atoms with Crippen LogP contribution in [0.15, 0.2) is 42.5 Å². The van der Waals surface area contributed by atoms with Crippen LogP contribution >= 0.6 is 11.6 Å². The first-order valence-corrected chi connectivity index (χ1v) is 6.15. The number of benzene rings is 2. The summed E-state index contributed by atoms with van der Waals surface area (Å²) in [5, 5.41) is 0.367. The zero-order valence-corrected chi connectivity index (χ0v) is 11.2. The number of alkyl halides is 3. The first-order valence-electron chi connectivity index (χ1n) is 5.77. The lowest BCUT2D eigenvalue weighted by Crippen LogP contribution is -2.09. The van der Waals surface area contributed by atoms with Crippen molar-refractivity contribution in [2.24, 2.45) is 0 Å². The van der Waals surface area contributed by atoms with E-state index < -0.39 is 17.5 Å². The van der Waals surface area contributed by atoms with Crippen molar-refractivity contribution in [1.82, 2.24) is 0 Å². The molecule has 0 heterocycles. The van der Waals surface area contributed by atoms with E-state index in [9.17, 15) is 18.0 Å². The fraction of sp³-hybridized carbons (Fsp3) is 0.133. The van der Waals surface area contributed by atoms with Gasteiger partial charge in [0.25, 0.3) is 0 Å². The Balaban J connectivity index is 2.46. The summed E-state index contributed by atoms with van der Waals surface area (Å²) >= 11 is 5.82. The van der Waals surface area contributed by atoms with E-state index in [-0.39, 0.29) is 5.56 Å². The first-order chi connectivity index (χ1) is 9.29. The molecule has 0 radical (unpaired) electrons. The summed E-state index contributed by atoms with van der Waals surface area (Å²) in [7, 11) is 0. The molecule has 0 atom stereocenters. The van der Waals surface area contributed by atoms with Crippen molar-refractivity contribution < 1.29 is 18.0 Å². The summed E-state index contributed by atoms with van der Waals surface area (Å²) in [5.74, 6) is -0.476. The number of halogens is 4. The van der Waals surface area contributed by atoms with Crippen LogP contribution < -0.4 is 0 Å². The molecule has 2 rings (SSSR count). The molecule has 0 saturated heterocycles. The Hall–Kier alpha value is -1.81. The molecule has 0 fully saturated rings. The van der Waals surface area contributed by atoms with Crippen LogP contribution in [0.2, 0.25) is 5.02 Å². The zero-order chi connectivity index (χ0) is 14.9. The third-order valence-corrected chi connectivity index (χ3v) is 3.13. The molecule has 0 bridgehead atoms. The van der Waals surface area contributed by atoms with Gasteiger partial charge in [0.1, 0.15) is 0 Å². The molecule has 0 aliphatic heterocycles. The van der Waals surface area contributed by atoms with Gasteiger partial charge >= 0.3 is 6.18 Å². The lowest BCUT2D eigenvalue weighted by Gasteiger charge is -2.09. The average molecular weight is 299 g/mol. The van der Waals surface area contributed by atoms with E-state index in [4.69, 9.17) is 11.6 Å². The smallest absolute Gasteiger partial charge is 0.289 e. The third kappa shape index (κ3) is 3.02. The van der Waals surface area contributed by atoms with Crippen LogP contribution in [0.25, 0.3) is 0 Å². The summed E-state index contributed by atoms with van der Waals surface area (Å²) in [6, 6.07) is 9.10. The standard InChI is InChI=1S/C15H10ClF3O/c1-9-5-6-12(16)8-13(9)14(20)10-3-2-4-11(7-10)15(17,18)19/h2-8H,1H3. The minimum absolute atomic E-state index is 0.00908. The van der Waals surface area contributed by atoms with Gasteiger partial charge in [-0.05, 0) is 36.8 Å². The maximum atomic E-state index is 12.6. The highest BCUT2D eigenvalue weighted by molar-refractivity contribution is 6.31. The SMILES string of the molecule is Cc1ccc(Cl)cc1C(=O)c1cccc(C(F)(F)F)c1. The number of carbonyl (C=O) groups is 1. The van der Waals surface area contributed by atoms with E-state index in [2.05, 4.69) is 0 Å². The van der Waals surface area contributed by atoms with E-state index in [1.165, 1.54) is 18.2 Å². The van der Waals surface area contributed by atoms with Gasteiger partial charge in [0.2, 0.25) is 0 Å². The molecule has 104 valence electrons. The number of aryl methyl sites for hydroxylation is 1. The second kappa shape index (κ2) is 5.29. The quantitative estimate of drug-likeness (QED) is 0.721. The van der Waals surface area contributed by atoms with Crippen LogP contribution in [-0.2, 0) is 6.18 Å². The topological polar surface area (TPSA) is 17.1 Å². The molecule has 0 aliphatic rings. The fourth-order valence-corrected chi connectivity index (χ4v) is 2.00. The highest BCUT2D eigenvalue weighted by Crippen LogP contribution is 2.30. The van der Waals surface area contributed by atoms with Gasteiger partial charge < -0.3 is 0 Å². The first kappa shape index (κ1) is 14.6. The number of rotatable bonds is 2. The van der Waals surface area contributed by atoms with Crippen LogP contribution in [-0.4, -0.2) is 5.78 Å². The van der Waals surface area contributed by atoms with Gasteiger partial charge in [-0.15, -0.1) is 0 Å². The van der Waals surface area contributed by atoms with Gasteiger partial charge in [-0.1, -0.05) is 29.8 Å². The summed E-state index contributed by atoms with van der Waals surface area (Å²) in [6.45, 7) is 1.71. The van der Waals surface area contributed by atoms with Gasteiger partial charge in [0, 0.05) is 16.1 Å². The largest absolute Gasteiger partial charge is 0.416 e. The van der Waals surface area contributed by atoms with E-state index >= 15 is 0 Å². The fourth-order valence-electron chi connectivity index (χ4n) is 1.83. The predicted molar refractivity (Wildman–Crippen MR) is 71.1 cm³/mol. The van der Waals surface area contributed by atoms with E-state index in [0.29, 0.717) is 16.1 Å². The van der Waals surface area contributed by atoms with E-state index in [1.54, 1.807) is 19.1 Å². The molecular formula is C15H10ClF3O. The summed E-state index contributed by atoms with van der Waals surface area (Å²) in [4.78, 5) is 12.3. The molecule has 0 aromatic heterocycles. The van der Waals surface area contributed by atoms with Gasteiger partial charge in [-0.2, -0.15) is 13.2 Å². The minimum atomic E-state index is -4.47. The molecule has 1 nitrogen and oxygen atoms in total. The van der Waals surface area contributed by atoms with E-state index in [1.807, 2.05) is 0 Å². The van der Waals surface area contributed by atoms with Crippen LogP contribution in [0.4, 0.5) is 13.2 Å². The molecular weight excluding hydrogens is 289 g/mol. The van der Waals surface area contributed by atoms with Crippen molar-refractivity contribution in [3.05, 3.63) is 69.7 Å². The number of hydrogen-bond acceptors (Lipinski definition) is 1. The predicted octanol–water partition coefficient (Wildman–Crippen LogP) is 4.90. The van der Waals surface area contributed by atoms with Gasteiger partial charge in [0.05, 0.1) is 5.56 Å². The van der Waals surface area contributed by atoms with Gasteiger partial charge in [-0.25, -0.2) is 0 Å². The summed E-state index contributed by atoms with van der Waals surface area (Å²) in [6.07, 6.45) is -4.47. The monoisotopic (exact) mass is 298 g/mol. The number of ketones is 1. The zero-order valence-electron chi connectivity index (χ0n) is 10.5. The molecule has 20 heavy (non-hydrogen) atoms. The molecule has 0 amide bonds. The average Bonchev–Trinajstić information content (AvgIpc) is 2.40. The summed E-state index contributed by atoms with van der Waals surface area (Å²) < 4.78 is 37.9. The van der Waals surface area contributed by atoms with Crippen molar-refractivity contribution >= 4 is 17.4 Å². The Morgan fingerprint density at radius 2 is 1.80 bits per heavy atom. The lowest BCUT2D eigenvalue weighted by molar-refractivity contribution is -0.137. The molecule has 5 heteroatoms. The second-order valence-corrected chi connectivity index (χ2v) is 4.80. The van der Waals surface area contributed by atoms with Gasteiger partial charge in [-0.3, -0.25) is 4.79 Å². The van der Waals surface area contributed by atoms with Crippen molar-refractivity contribution in [2.45, 2.75) is 13.1 Å². The van der Waals surface area contributed by atoms with Crippen LogP contribution in [0.3, 0.4) is 0 Å². The third-order valence-electron chi connectivity index (χ3n) is 2.90. The molecule has 0 saturated carbocycles. The summed E-state index contributed by atoms with van der Waals surface area (Å²) in [5.41, 5.74) is 0.113. The Morgan fingerprint density at radius 3 is 2.45 bits per heavy atom. The van der Waals surface area contributed by atoms with Crippen molar-refractivity contribution in [1.29, 1.82) is 0 Å². The minimum Gasteiger partial charge on any atom is -0.289 e.